The van der Waals surface area contributed by atoms with E-state index in [0.29, 0.717) is 10.6 Å². The molecule has 0 unspecified atom stereocenters. The molecule has 0 aromatic carbocycles. The Morgan fingerprint density at radius 2 is 1.94 bits per heavy atom. The van der Waals surface area contributed by atoms with E-state index in [4.69, 9.17) is 5.73 Å². The van der Waals surface area contributed by atoms with Crippen LogP contribution in [0.3, 0.4) is 0 Å². The molecule has 5 heteroatoms. The fourth-order valence-corrected chi connectivity index (χ4v) is 3.68. The number of aromatic nitrogens is 1. The largest absolute Gasteiger partial charge is 0.477 e. The van der Waals surface area contributed by atoms with Gasteiger partial charge < -0.3 is 10.8 Å². The number of rotatable bonds is 2. The van der Waals surface area contributed by atoms with Crippen LogP contribution in [0, 0.1) is 0 Å². The summed E-state index contributed by atoms with van der Waals surface area (Å²) in [5.74, 6) is -0.898. The van der Waals surface area contributed by atoms with Crippen molar-refractivity contribution in [2.24, 2.45) is 5.73 Å². The van der Waals surface area contributed by atoms with Gasteiger partial charge in [-0.15, -0.1) is 11.3 Å². The van der Waals surface area contributed by atoms with Gasteiger partial charge in [-0.05, 0) is 12.8 Å². The van der Waals surface area contributed by atoms with E-state index in [0.717, 1.165) is 30.7 Å². The molecule has 0 spiro atoms. The van der Waals surface area contributed by atoms with Crippen molar-refractivity contribution in [2.75, 3.05) is 0 Å². The highest BCUT2D eigenvalue weighted by Gasteiger charge is 2.37. The van der Waals surface area contributed by atoms with Gasteiger partial charge >= 0.3 is 5.97 Å². The molecule has 18 heavy (non-hydrogen) atoms. The molecule has 0 amide bonds. The van der Waals surface area contributed by atoms with Crippen LogP contribution >= 0.6 is 11.3 Å². The Kier molecular flexibility index (Phi) is 3.23. The van der Waals surface area contributed by atoms with Gasteiger partial charge in [0.25, 0.3) is 0 Å². The van der Waals surface area contributed by atoms with Crippen molar-refractivity contribution < 1.29 is 9.90 Å². The van der Waals surface area contributed by atoms with Gasteiger partial charge in [0, 0.05) is 5.41 Å². The van der Waals surface area contributed by atoms with Crippen LogP contribution in [-0.4, -0.2) is 16.1 Å². The zero-order valence-electron chi connectivity index (χ0n) is 11.1. The van der Waals surface area contributed by atoms with Crippen LogP contribution in [0.15, 0.2) is 0 Å². The first-order valence-corrected chi connectivity index (χ1v) is 7.10. The van der Waals surface area contributed by atoms with Crippen molar-refractivity contribution in [2.45, 2.75) is 57.4 Å². The number of carboxylic acid groups (broad SMARTS) is 1. The third kappa shape index (κ3) is 2.29. The zero-order chi connectivity index (χ0) is 13.6. The van der Waals surface area contributed by atoms with Gasteiger partial charge in [-0.3, -0.25) is 0 Å². The Morgan fingerprint density at radius 3 is 2.33 bits per heavy atom. The van der Waals surface area contributed by atoms with E-state index < -0.39 is 11.5 Å². The monoisotopic (exact) mass is 268 g/mol. The second-order valence-electron chi connectivity index (χ2n) is 6.12. The summed E-state index contributed by atoms with van der Waals surface area (Å²) in [6.45, 7) is 5.95. The quantitative estimate of drug-likeness (QED) is 0.864. The van der Waals surface area contributed by atoms with Crippen LogP contribution in [-0.2, 0) is 11.0 Å². The fraction of sp³-hybridized carbons (Fsp3) is 0.692. The van der Waals surface area contributed by atoms with E-state index in [1.165, 1.54) is 11.3 Å². The van der Waals surface area contributed by atoms with Crippen molar-refractivity contribution in [3.63, 3.8) is 0 Å². The maximum absolute atomic E-state index is 11.3. The molecule has 1 fully saturated rings. The Balaban J connectivity index is 2.49. The zero-order valence-corrected chi connectivity index (χ0v) is 11.9. The van der Waals surface area contributed by atoms with Gasteiger partial charge in [-0.25, -0.2) is 9.78 Å². The van der Waals surface area contributed by atoms with Crippen molar-refractivity contribution in [3.05, 3.63) is 15.6 Å². The molecule has 4 nitrogen and oxygen atoms in total. The summed E-state index contributed by atoms with van der Waals surface area (Å²) in [6, 6.07) is 0. The smallest absolute Gasteiger partial charge is 0.347 e. The number of aromatic carboxylic acids is 1. The highest BCUT2D eigenvalue weighted by Crippen LogP contribution is 2.41. The first-order valence-electron chi connectivity index (χ1n) is 6.28. The summed E-state index contributed by atoms with van der Waals surface area (Å²) in [7, 11) is 0. The van der Waals surface area contributed by atoms with Gasteiger partial charge in [0.1, 0.15) is 9.88 Å². The standard InChI is InChI=1S/C13H20N2O2S/c1-12(2,3)9-8(10(16)17)18-11(15-9)13(14)6-4-5-7-13/h4-7,14H2,1-3H3,(H,16,17). The van der Waals surface area contributed by atoms with Crippen LogP contribution in [0.2, 0.25) is 0 Å². The fourth-order valence-electron chi connectivity index (χ4n) is 2.41. The number of nitrogens with zero attached hydrogens (tertiary/aromatic N) is 1. The summed E-state index contributed by atoms with van der Waals surface area (Å²) in [5, 5.41) is 10.1. The van der Waals surface area contributed by atoms with Crippen LogP contribution in [0.1, 0.15) is 66.8 Å². The minimum Gasteiger partial charge on any atom is -0.477 e. The maximum Gasteiger partial charge on any atom is 0.347 e. The first kappa shape index (κ1) is 13.5. The minimum absolute atomic E-state index is 0.266. The number of hydrogen-bond acceptors (Lipinski definition) is 4. The van der Waals surface area contributed by atoms with E-state index in [1.54, 1.807) is 0 Å². The highest BCUT2D eigenvalue weighted by molar-refractivity contribution is 7.13. The summed E-state index contributed by atoms with van der Waals surface area (Å²) < 4.78 is 0. The Hall–Kier alpha value is -0.940. The van der Waals surface area contributed by atoms with Crippen molar-refractivity contribution in [3.8, 4) is 0 Å². The molecule has 0 bridgehead atoms. The van der Waals surface area contributed by atoms with E-state index >= 15 is 0 Å². The van der Waals surface area contributed by atoms with Gasteiger partial charge in [0.15, 0.2) is 0 Å². The summed E-state index contributed by atoms with van der Waals surface area (Å²) in [5.41, 5.74) is 6.35. The second-order valence-corrected chi connectivity index (χ2v) is 7.11. The molecule has 1 heterocycles. The maximum atomic E-state index is 11.3. The minimum atomic E-state index is -0.898. The topological polar surface area (TPSA) is 76.2 Å². The average molecular weight is 268 g/mol. The van der Waals surface area contributed by atoms with E-state index in [9.17, 15) is 9.90 Å². The van der Waals surface area contributed by atoms with Gasteiger partial charge in [-0.1, -0.05) is 33.6 Å². The van der Waals surface area contributed by atoms with E-state index in [1.807, 2.05) is 20.8 Å². The molecule has 1 aromatic rings. The van der Waals surface area contributed by atoms with E-state index in [-0.39, 0.29) is 5.41 Å². The predicted octanol–water partition coefficient (Wildman–Crippen LogP) is 2.87. The normalized spacial score (nSPS) is 19.1. The van der Waals surface area contributed by atoms with E-state index in [2.05, 4.69) is 4.98 Å². The van der Waals surface area contributed by atoms with Gasteiger partial charge in [0.05, 0.1) is 11.2 Å². The second kappa shape index (κ2) is 4.31. The summed E-state index contributed by atoms with van der Waals surface area (Å²) in [4.78, 5) is 16.2. The summed E-state index contributed by atoms with van der Waals surface area (Å²) in [6.07, 6.45) is 4.01. The van der Waals surface area contributed by atoms with Crippen LogP contribution < -0.4 is 5.73 Å². The predicted molar refractivity (Wildman–Crippen MR) is 72.1 cm³/mol. The molecule has 0 radical (unpaired) electrons. The number of nitrogens with two attached hydrogens (primary N) is 1. The molecule has 2 rings (SSSR count). The molecule has 100 valence electrons. The lowest BCUT2D eigenvalue weighted by Crippen LogP contribution is -2.33. The van der Waals surface area contributed by atoms with Crippen LogP contribution in [0.5, 0.6) is 0 Å². The molecule has 1 saturated carbocycles. The van der Waals surface area contributed by atoms with Crippen LogP contribution in [0.4, 0.5) is 0 Å². The SMILES string of the molecule is CC(C)(C)c1nc(C2(N)CCCC2)sc1C(=O)O. The third-order valence-corrected chi connectivity index (χ3v) is 4.72. The number of thiazole rings is 1. The molecule has 1 aromatic heterocycles. The van der Waals surface area contributed by atoms with Crippen molar-refractivity contribution in [1.82, 2.24) is 4.98 Å². The Bertz CT molecular complexity index is 468. The molecule has 0 atom stereocenters. The van der Waals surface area contributed by atoms with Gasteiger partial charge in [0.2, 0.25) is 0 Å². The molecule has 1 aliphatic carbocycles. The lowest BCUT2D eigenvalue weighted by atomic mass is 9.91. The lowest BCUT2D eigenvalue weighted by molar-refractivity contribution is 0.0699. The molecule has 0 saturated heterocycles. The lowest BCUT2D eigenvalue weighted by Gasteiger charge is -2.20. The molecular weight excluding hydrogens is 248 g/mol. The first-order chi connectivity index (χ1) is 8.24. The molecule has 0 aliphatic heterocycles. The third-order valence-electron chi connectivity index (χ3n) is 3.45. The van der Waals surface area contributed by atoms with Crippen LogP contribution in [0.25, 0.3) is 0 Å². The average Bonchev–Trinajstić information content (AvgIpc) is 2.82. The number of carbonyl (C=O) groups is 1. The van der Waals surface area contributed by atoms with Gasteiger partial charge in [-0.2, -0.15) is 0 Å². The molecule has 3 N–H and O–H groups in total. The van der Waals surface area contributed by atoms with Crippen molar-refractivity contribution in [1.29, 1.82) is 0 Å². The number of carboxylic acids is 1. The highest BCUT2D eigenvalue weighted by atomic mass is 32.1. The molecular formula is C13H20N2O2S. The molecule has 1 aliphatic rings. The summed E-state index contributed by atoms with van der Waals surface area (Å²) >= 11 is 1.25. The number of hydrogen-bond donors (Lipinski definition) is 2. The Morgan fingerprint density at radius 1 is 1.39 bits per heavy atom. The Labute approximate surface area is 111 Å². The van der Waals surface area contributed by atoms with Crippen molar-refractivity contribution >= 4 is 17.3 Å².